The van der Waals surface area contributed by atoms with Gasteiger partial charge in [-0.15, -0.1) is 11.8 Å². The van der Waals surface area contributed by atoms with Crippen LogP contribution in [0.15, 0.2) is 108 Å². The zero-order valence-electron chi connectivity index (χ0n) is 24.9. The molecule has 10 heteroatoms. The highest BCUT2D eigenvalue weighted by Crippen LogP contribution is 2.35. The molecule has 3 N–H and O–H groups in total. The molecule has 0 saturated heterocycles. The third-order valence-corrected chi connectivity index (χ3v) is 8.08. The molecule has 1 aliphatic rings. The number of fused-ring (bicyclic) bond motifs is 1. The lowest BCUT2D eigenvalue weighted by molar-refractivity contribution is -0.116. The average molecular weight is 624 g/mol. The Morgan fingerprint density at radius 2 is 1.60 bits per heavy atom. The Kier molecular flexibility index (Phi) is 10.4. The van der Waals surface area contributed by atoms with Crippen molar-refractivity contribution < 1.29 is 28.6 Å². The fraction of sp³-hybridized carbons (Fsp3) is 0.171. The first-order valence-electron chi connectivity index (χ1n) is 14.5. The number of anilines is 2. The minimum atomic E-state index is -0.514. The number of thioether (sulfide) groups is 1. The van der Waals surface area contributed by atoms with Crippen LogP contribution in [-0.4, -0.2) is 36.4 Å². The van der Waals surface area contributed by atoms with Crippen molar-refractivity contribution in [2.24, 2.45) is 0 Å². The smallest absolute Gasteiger partial charge is 0.272 e. The molecule has 0 radical (unpaired) electrons. The van der Waals surface area contributed by atoms with E-state index in [0.29, 0.717) is 52.8 Å². The number of hydrogen-bond acceptors (Lipinski definition) is 7. The minimum Gasteiger partial charge on any atom is -0.493 e. The standard InChI is InChI=1S/C35H33N3O6S/c1-3-32(35(41)37-26-17-18-30-31(21-26)44-22-43-30)45-27-15-10-14-25(20-27)36-34(40)28(38-33(39)23-11-6-5-7-12-23)19-24-13-8-9-16-29(24)42-4-2/h5-21,32H,3-4,22H2,1-2H3,(H,36,40)(H,37,41)(H,38,39)/b28-19+. The highest BCUT2D eigenvalue weighted by Gasteiger charge is 2.21. The van der Waals surface area contributed by atoms with E-state index < -0.39 is 17.1 Å². The Bertz CT molecular complexity index is 1710. The van der Waals surface area contributed by atoms with E-state index in [-0.39, 0.29) is 18.4 Å². The van der Waals surface area contributed by atoms with Crippen molar-refractivity contribution >= 4 is 46.9 Å². The van der Waals surface area contributed by atoms with Gasteiger partial charge in [-0.25, -0.2) is 0 Å². The Morgan fingerprint density at radius 3 is 2.40 bits per heavy atom. The van der Waals surface area contributed by atoms with Gasteiger partial charge in [0.1, 0.15) is 11.4 Å². The Morgan fingerprint density at radius 1 is 0.844 bits per heavy atom. The van der Waals surface area contributed by atoms with Crippen LogP contribution < -0.4 is 30.2 Å². The van der Waals surface area contributed by atoms with E-state index in [2.05, 4.69) is 16.0 Å². The van der Waals surface area contributed by atoms with Crippen LogP contribution in [0.3, 0.4) is 0 Å². The lowest BCUT2D eigenvalue weighted by Gasteiger charge is -2.16. The van der Waals surface area contributed by atoms with Crippen molar-refractivity contribution in [3.8, 4) is 17.2 Å². The second kappa shape index (κ2) is 15.0. The Balaban J connectivity index is 1.31. The summed E-state index contributed by atoms with van der Waals surface area (Å²) in [6, 6.07) is 28.4. The maximum Gasteiger partial charge on any atom is 0.272 e. The average Bonchev–Trinajstić information content (AvgIpc) is 3.53. The summed E-state index contributed by atoms with van der Waals surface area (Å²) < 4.78 is 16.5. The van der Waals surface area contributed by atoms with Crippen molar-refractivity contribution in [1.82, 2.24) is 5.32 Å². The number of hydrogen-bond donors (Lipinski definition) is 3. The predicted molar refractivity (Wildman–Crippen MR) is 176 cm³/mol. The SMILES string of the molecule is CCOc1ccccc1/C=C(/NC(=O)c1ccccc1)C(=O)Nc1cccc(SC(CC)C(=O)Nc2ccc3c(c2)OCO3)c1. The number of benzene rings is 4. The fourth-order valence-electron chi connectivity index (χ4n) is 4.51. The number of amides is 3. The number of ether oxygens (including phenoxy) is 3. The molecule has 45 heavy (non-hydrogen) atoms. The topological polar surface area (TPSA) is 115 Å². The molecule has 0 aromatic heterocycles. The Labute approximate surface area is 266 Å². The van der Waals surface area contributed by atoms with E-state index in [1.807, 2.05) is 44.2 Å². The third-order valence-electron chi connectivity index (χ3n) is 6.72. The van der Waals surface area contributed by atoms with Gasteiger partial charge in [-0.1, -0.05) is 49.4 Å². The molecule has 0 fully saturated rings. The first-order valence-corrected chi connectivity index (χ1v) is 15.4. The molecule has 230 valence electrons. The maximum atomic E-state index is 13.6. The summed E-state index contributed by atoms with van der Waals surface area (Å²) in [5.74, 6) is 0.728. The van der Waals surface area contributed by atoms with Gasteiger partial charge in [-0.2, -0.15) is 0 Å². The molecule has 5 rings (SSSR count). The minimum absolute atomic E-state index is 0.0450. The van der Waals surface area contributed by atoms with E-state index in [9.17, 15) is 14.4 Å². The molecule has 0 bridgehead atoms. The summed E-state index contributed by atoms with van der Waals surface area (Å²) in [5, 5.41) is 8.21. The van der Waals surface area contributed by atoms with Gasteiger partial charge in [-0.05, 0) is 68.0 Å². The first kappa shape index (κ1) is 31.2. The molecule has 1 unspecified atom stereocenters. The third kappa shape index (κ3) is 8.24. The van der Waals surface area contributed by atoms with E-state index >= 15 is 0 Å². The zero-order chi connectivity index (χ0) is 31.6. The van der Waals surface area contributed by atoms with Crippen LogP contribution in [-0.2, 0) is 9.59 Å². The summed E-state index contributed by atoms with van der Waals surface area (Å²) in [4.78, 5) is 40.6. The molecular formula is C35H33N3O6S. The zero-order valence-corrected chi connectivity index (χ0v) is 25.7. The van der Waals surface area contributed by atoms with Crippen LogP contribution in [0.5, 0.6) is 17.2 Å². The van der Waals surface area contributed by atoms with Gasteiger partial charge in [0.05, 0.1) is 11.9 Å². The van der Waals surface area contributed by atoms with Crippen LogP contribution in [0.4, 0.5) is 11.4 Å². The van der Waals surface area contributed by atoms with Crippen molar-refractivity contribution in [3.63, 3.8) is 0 Å². The van der Waals surface area contributed by atoms with Gasteiger partial charge < -0.3 is 30.2 Å². The van der Waals surface area contributed by atoms with Crippen molar-refractivity contribution in [2.75, 3.05) is 24.0 Å². The largest absolute Gasteiger partial charge is 0.493 e. The summed E-state index contributed by atoms with van der Waals surface area (Å²) in [5.41, 5.74) is 2.23. The van der Waals surface area contributed by atoms with Crippen molar-refractivity contribution in [3.05, 3.63) is 114 Å². The van der Waals surface area contributed by atoms with Gasteiger partial charge in [0.25, 0.3) is 11.8 Å². The Hall–Kier alpha value is -5.22. The van der Waals surface area contributed by atoms with E-state index in [1.165, 1.54) is 11.8 Å². The summed E-state index contributed by atoms with van der Waals surface area (Å²) in [6.45, 7) is 4.42. The van der Waals surface area contributed by atoms with Gasteiger partial charge >= 0.3 is 0 Å². The second-order valence-corrected chi connectivity index (χ2v) is 11.2. The maximum absolute atomic E-state index is 13.6. The van der Waals surface area contributed by atoms with Crippen molar-refractivity contribution in [1.29, 1.82) is 0 Å². The van der Waals surface area contributed by atoms with E-state index in [0.717, 1.165) is 4.90 Å². The number of carbonyl (C=O) groups excluding carboxylic acids is 3. The molecule has 1 heterocycles. The van der Waals surface area contributed by atoms with Crippen LogP contribution in [0.1, 0.15) is 36.2 Å². The monoisotopic (exact) mass is 623 g/mol. The van der Waals surface area contributed by atoms with Gasteiger partial charge in [0.2, 0.25) is 12.7 Å². The molecular weight excluding hydrogens is 590 g/mol. The highest BCUT2D eigenvalue weighted by molar-refractivity contribution is 8.00. The summed E-state index contributed by atoms with van der Waals surface area (Å²) >= 11 is 1.39. The predicted octanol–water partition coefficient (Wildman–Crippen LogP) is 6.73. The quantitative estimate of drug-likeness (QED) is 0.118. The van der Waals surface area contributed by atoms with Crippen LogP contribution in [0.2, 0.25) is 0 Å². The van der Waals surface area contributed by atoms with Crippen molar-refractivity contribution in [2.45, 2.75) is 30.4 Å². The molecule has 0 saturated carbocycles. The highest BCUT2D eigenvalue weighted by atomic mass is 32.2. The van der Waals surface area contributed by atoms with E-state index in [4.69, 9.17) is 14.2 Å². The molecule has 0 aliphatic carbocycles. The molecule has 3 amide bonds. The van der Waals surface area contributed by atoms with Gasteiger partial charge in [-0.3, -0.25) is 14.4 Å². The summed E-state index contributed by atoms with van der Waals surface area (Å²) in [7, 11) is 0. The molecule has 1 atom stereocenters. The molecule has 0 spiro atoms. The van der Waals surface area contributed by atoms with E-state index in [1.54, 1.807) is 72.8 Å². The number of rotatable bonds is 12. The first-order chi connectivity index (χ1) is 21.9. The molecule has 4 aromatic carbocycles. The lowest BCUT2D eigenvalue weighted by Crippen LogP contribution is -2.30. The number of carbonyl (C=O) groups is 3. The van der Waals surface area contributed by atoms with Crippen LogP contribution in [0.25, 0.3) is 6.08 Å². The number of para-hydroxylation sites is 1. The molecule has 1 aliphatic heterocycles. The lowest BCUT2D eigenvalue weighted by atomic mass is 10.1. The van der Waals surface area contributed by atoms with Gasteiger partial charge in [0, 0.05) is 33.5 Å². The van der Waals surface area contributed by atoms with Crippen LogP contribution >= 0.6 is 11.8 Å². The molecule has 4 aromatic rings. The van der Waals surface area contributed by atoms with Crippen LogP contribution in [0, 0.1) is 0 Å². The molecule has 9 nitrogen and oxygen atoms in total. The number of nitrogens with one attached hydrogen (secondary N) is 3. The second-order valence-electron chi connectivity index (χ2n) is 9.90. The van der Waals surface area contributed by atoms with Gasteiger partial charge in [0.15, 0.2) is 11.5 Å². The normalized spacial score (nSPS) is 12.6. The summed E-state index contributed by atoms with van der Waals surface area (Å²) in [6.07, 6.45) is 2.17. The fourth-order valence-corrected chi connectivity index (χ4v) is 5.53.